The van der Waals surface area contributed by atoms with Crippen LogP contribution in [-0.4, -0.2) is 22.9 Å². The number of benzene rings is 2. The van der Waals surface area contributed by atoms with E-state index in [0.29, 0.717) is 24.4 Å². The zero-order valence-electron chi connectivity index (χ0n) is 17.0. The van der Waals surface area contributed by atoms with E-state index in [-0.39, 0.29) is 11.8 Å². The first-order valence-corrected chi connectivity index (χ1v) is 10.3. The van der Waals surface area contributed by atoms with E-state index >= 15 is 0 Å². The summed E-state index contributed by atoms with van der Waals surface area (Å²) >= 11 is 0. The Morgan fingerprint density at radius 1 is 1.14 bits per heavy atom. The number of nitrogens with zero attached hydrogens (tertiary/aromatic N) is 2. The minimum atomic E-state index is -0.0774. The SMILES string of the molecule is CC(C)Cn1cc(C(=O)NCc2cccc(N3CCCC3=O)c2)c2ccccc21. The first-order valence-electron chi connectivity index (χ1n) is 10.3. The maximum atomic E-state index is 12.9. The smallest absolute Gasteiger partial charge is 0.253 e. The molecule has 0 unspecified atom stereocenters. The zero-order chi connectivity index (χ0) is 20.4. The Bertz CT molecular complexity index is 1050. The van der Waals surface area contributed by atoms with E-state index in [1.807, 2.05) is 53.6 Å². The number of aromatic nitrogens is 1. The van der Waals surface area contributed by atoms with E-state index in [9.17, 15) is 9.59 Å². The van der Waals surface area contributed by atoms with Crippen LogP contribution < -0.4 is 10.2 Å². The second-order valence-electron chi connectivity index (χ2n) is 8.11. The molecule has 1 aliphatic rings. The van der Waals surface area contributed by atoms with Gasteiger partial charge in [-0.15, -0.1) is 0 Å². The van der Waals surface area contributed by atoms with Crippen molar-refractivity contribution in [2.75, 3.05) is 11.4 Å². The molecule has 1 aliphatic heterocycles. The molecule has 0 spiro atoms. The Morgan fingerprint density at radius 2 is 1.97 bits per heavy atom. The molecule has 3 aromatic rings. The molecule has 0 aliphatic carbocycles. The predicted molar refractivity (Wildman–Crippen MR) is 116 cm³/mol. The fourth-order valence-electron chi connectivity index (χ4n) is 4.01. The summed E-state index contributed by atoms with van der Waals surface area (Å²) in [5.74, 6) is 0.591. The number of para-hydroxylation sites is 1. The summed E-state index contributed by atoms with van der Waals surface area (Å²) in [6.45, 7) is 6.42. The van der Waals surface area contributed by atoms with Gasteiger partial charge in [0.25, 0.3) is 5.91 Å². The second kappa shape index (κ2) is 8.11. The van der Waals surface area contributed by atoms with Crippen molar-refractivity contribution in [3.8, 4) is 0 Å². The van der Waals surface area contributed by atoms with Crippen LogP contribution in [0, 0.1) is 5.92 Å². The van der Waals surface area contributed by atoms with Gasteiger partial charge in [0.05, 0.1) is 5.56 Å². The first-order chi connectivity index (χ1) is 14.0. The van der Waals surface area contributed by atoms with Gasteiger partial charge >= 0.3 is 0 Å². The fourth-order valence-corrected chi connectivity index (χ4v) is 4.01. The third kappa shape index (κ3) is 4.04. The molecule has 4 rings (SSSR count). The molecule has 29 heavy (non-hydrogen) atoms. The van der Waals surface area contributed by atoms with E-state index in [2.05, 4.69) is 29.8 Å². The number of rotatable bonds is 6. The molecular weight excluding hydrogens is 362 g/mol. The highest BCUT2D eigenvalue weighted by Crippen LogP contribution is 2.24. The molecule has 5 heteroatoms. The number of amides is 2. The lowest BCUT2D eigenvalue weighted by molar-refractivity contribution is -0.117. The molecule has 1 fully saturated rings. The predicted octanol–water partition coefficient (Wildman–Crippen LogP) is 4.35. The van der Waals surface area contributed by atoms with Gasteiger partial charge in [-0.2, -0.15) is 0 Å². The molecule has 2 aromatic carbocycles. The van der Waals surface area contributed by atoms with E-state index in [0.717, 1.165) is 41.7 Å². The van der Waals surface area contributed by atoms with Crippen LogP contribution in [-0.2, 0) is 17.9 Å². The van der Waals surface area contributed by atoms with Crippen molar-refractivity contribution in [3.05, 3.63) is 65.9 Å². The maximum absolute atomic E-state index is 12.9. The Labute approximate surface area is 171 Å². The van der Waals surface area contributed by atoms with Gasteiger partial charge in [0, 0.05) is 48.8 Å². The molecule has 1 aromatic heterocycles. The van der Waals surface area contributed by atoms with E-state index in [1.165, 1.54) is 0 Å². The number of carbonyl (C=O) groups is 2. The molecule has 0 saturated carbocycles. The summed E-state index contributed by atoms with van der Waals surface area (Å²) in [4.78, 5) is 26.8. The lowest BCUT2D eigenvalue weighted by Gasteiger charge is -2.16. The average Bonchev–Trinajstić information content (AvgIpc) is 3.30. The van der Waals surface area contributed by atoms with Crippen LogP contribution in [0.5, 0.6) is 0 Å². The van der Waals surface area contributed by atoms with Gasteiger partial charge in [-0.05, 0) is 36.1 Å². The number of hydrogen-bond acceptors (Lipinski definition) is 2. The summed E-state index contributed by atoms with van der Waals surface area (Å²) in [7, 11) is 0. The quantitative estimate of drug-likeness (QED) is 0.681. The van der Waals surface area contributed by atoms with E-state index in [4.69, 9.17) is 0 Å². The number of fused-ring (bicyclic) bond motifs is 1. The maximum Gasteiger partial charge on any atom is 0.253 e. The first kappa shape index (κ1) is 19.2. The molecule has 5 nitrogen and oxygen atoms in total. The van der Waals surface area contributed by atoms with Crippen molar-refractivity contribution in [1.29, 1.82) is 0 Å². The van der Waals surface area contributed by atoms with Crippen molar-refractivity contribution in [1.82, 2.24) is 9.88 Å². The van der Waals surface area contributed by atoms with Crippen molar-refractivity contribution in [3.63, 3.8) is 0 Å². The van der Waals surface area contributed by atoms with E-state index in [1.54, 1.807) is 0 Å². The lowest BCUT2D eigenvalue weighted by atomic mass is 10.1. The highest BCUT2D eigenvalue weighted by molar-refractivity contribution is 6.07. The molecule has 0 atom stereocenters. The summed E-state index contributed by atoms with van der Waals surface area (Å²) in [5.41, 5.74) is 3.68. The van der Waals surface area contributed by atoms with Gasteiger partial charge < -0.3 is 14.8 Å². The normalized spacial score (nSPS) is 14.2. The Kier molecular flexibility index (Phi) is 5.38. The van der Waals surface area contributed by atoms with Gasteiger partial charge in [-0.3, -0.25) is 9.59 Å². The van der Waals surface area contributed by atoms with Crippen LogP contribution >= 0.6 is 0 Å². The van der Waals surface area contributed by atoms with Crippen LogP contribution in [0.25, 0.3) is 10.9 Å². The molecule has 1 saturated heterocycles. The summed E-state index contributed by atoms with van der Waals surface area (Å²) in [5, 5.41) is 4.02. The molecular formula is C24H27N3O2. The van der Waals surface area contributed by atoms with E-state index < -0.39 is 0 Å². The van der Waals surface area contributed by atoms with Crippen molar-refractivity contribution < 1.29 is 9.59 Å². The molecule has 2 heterocycles. The minimum Gasteiger partial charge on any atom is -0.348 e. The molecule has 1 N–H and O–H groups in total. The number of anilines is 1. The van der Waals surface area contributed by atoms with Crippen LogP contribution in [0.1, 0.15) is 42.6 Å². The Balaban J connectivity index is 1.51. The number of carbonyl (C=O) groups excluding carboxylic acids is 2. The Morgan fingerprint density at radius 3 is 2.72 bits per heavy atom. The van der Waals surface area contributed by atoms with Crippen LogP contribution in [0.2, 0.25) is 0 Å². The summed E-state index contributed by atoms with van der Waals surface area (Å²) in [6, 6.07) is 15.9. The third-order valence-electron chi connectivity index (χ3n) is 5.34. The van der Waals surface area contributed by atoms with Crippen LogP contribution in [0.3, 0.4) is 0 Å². The van der Waals surface area contributed by atoms with Crippen molar-refractivity contribution in [2.45, 2.75) is 39.8 Å². The summed E-state index contributed by atoms with van der Waals surface area (Å²) < 4.78 is 2.16. The van der Waals surface area contributed by atoms with Gasteiger partial charge in [0.15, 0.2) is 0 Å². The standard InChI is InChI=1S/C24H27N3O2/c1-17(2)15-26-16-21(20-9-3-4-10-22(20)26)24(29)25-14-18-7-5-8-19(13-18)27-12-6-11-23(27)28/h3-5,7-10,13,16-17H,6,11-12,14-15H2,1-2H3,(H,25,29). The molecule has 150 valence electrons. The van der Waals surface area contributed by atoms with Gasteiger partial charge in [0.2, 0.25) is 5.91 Å². The third-order valence-corrected chi connectivity index (χ3v) is 5.34. The van der Waals surface area contributed by atoms with Crippen LogP contribution in [0.4, 0.5) is 5.69 Å². The number of hydrogen-bond donors (Lipinski definition) is 1. The van der Waals surface area contributed by atoms with Crippen LogP contribution in [0.15, 0.2) is 54.7 Å². The van der Waals surface area contributed by atoms with Crippen molar-refractivity contribution in [2.24, 2.45) is 5.92 Å². The Hall–Kier alpha value is -3.08. The fraction of sp³-hybridized carbons (Fsp3) is 0.333. The topological polar surface area (TPSA) is 54.3 Å². The monoisotopic (exact) mass is 389 g/mol. The molecule has 2 amide bonds. The van der Waals surface area contributed by atoms with Crippen molar-refractivity contribution >= 4 is 28.4 Å². The largest absolute Gasteiger partial charge is 0.348 e. The lowest BCUT2D eigenvalue weighted by Crippen LogP contribution is -2.25. The molecule has 0 radical (unpaired) electrons. The van der Waals surface area contributed by atoms with Gasteiger partial charge in [-0.25, -0.2) is 0 Å². The van der Waals surface area contributed by atoms with Gasteiger partial charge in [-0.1, -0.05) is 44.2 Å². The van der Waals surface area contributed by atoms with Gasteiger partial charge in [0.1, 0.15) is 0 Å². The summed E-state index contributed by atoms with van der Waals surface area (Å²) in [6.07, 6.45) is 3.47. The second-order valence-corrected chi connectivity index (χ2v) is 8.11. The molecule has 0 bridgehead atoms. The zero-order valence-corrected chi connectivity index (χ0v) is 17.0. The average molecular weight is 389 g/mol. The number of nitrogens with one attached hydrogen (secondary N) is 1. The highest BCUT2D eigenvalue weighted by atomic mass is 16.2. The minimum absolute atomic E-state index is 0.0774. The highest BCUT2D eigenvalue weighted by Gasteiger charge is 2.22.